The van der Waals surface area contributed by atoms with Gasteiger partial charge < -0.3 is 9.84 Å². The molecule has 0 heterocycles. The number of carboxylic acids is 1. The summed E-state index contributed by atoms with van der Waals surface area (Å²) in [6, 6.07) is 3.87. The van der Waals surface area contributed by atoms with Gasteiger partial charge in [-0.1, -0.05) is 6.07 Å². The van der Waals surface area contributed by atoms with Crippen molar-refractivity contribution in [2.45, 2.75) is 19.7 Å². The van der Waals surface area contributed by atoms with Crippen LogP contribution < -0.4 is 4.74 Å². The molecular formula is C11H8F3NO3. The number of ether oxygens (including phenoxy) is 1. The summed E-state index contributed by atoms with van der Waals surface area (Å²) in [4.78, 5) is 10.5. The van der Waals surface area contributed by atoms with Crippen molar-refractivity contribution in [2.75, 3.05) is 0 Å². The van der Waals surface area contributed by atoms with Crippen molar-refractivity contribution in [3.63, 3.8) is 0 Å². The number of rotatable bonds is 3. The van der Waals surface area contributed by atoms with Crippen LogP contribution in [0.3, 0.4) is 0 Å². The summed E-state index contributed by atoms with van der Waals surface area (Å²) >= 11 is 0. The molecule has 0 saturated carbocycles. The van der Waals surface area contributed by atoms with Crippen LogP contribution in [0.2, 0.25) is 0 Å². The number of halogens is 3. The summed E-state index contributed by atoms with van der Waals surface area (Å²) in [5.74, 6) is -1.73. The van der Waals surface area contributed by atoms with E-state index in [4.69, 9.17) is 10.4 Å². The molecule has 1 N–H and O–H groups in total. The van der Waals surface area contributed by atoms with Crippen LogP contribution in [0, 0.1) is 18.3 Å². The predicted molar refractivity (Wildman–Crippen MR) is 53.9 cm³/mol. The van der Waals surface area contributed by atoms with Crippen LogP contribution in [0.15, 0.2) is 12.1 Å². The number of aryl methyl sites for hydroxylation is 1. The summed E-state index contributed by atoms with van der Waals surface area (Å²) in [6.07, 6.45) is -5.27. The maximum absolute atomic E-state index is 12.1. The molecule has 18 heavy (non-hydrogen) atoms. The van der Waals surface area contributed by atoms with E-state index >= 15 is 0 Å². The topological polar surface area (TPSA) is 70.3 Å². The van der Waals surface area contributed by atoms with E-state index in [-0.39, 0.29) is 23.1 Å². The molecule has 1 aromatic carbocycles. The lowest BCUT2D eigenvalue weighted by molar-refractivity contribution is -0.275. The van der Waals surface area contributed by atoms with Gasteiger partial charge in [0.25, 0.3) is 0 Å². The lowest BCUT2D eigenvalue weighted by atomic mass is 10.0. The molecule has 0 aliphatic rings. The standard InChI is InChI=1S/C11H8F3NO3/c1-6-2-7(4-9(16)17)3-8(5-15)10(6)18-11(12,13)14/h2-3H,4H2,1H3,(H,16,17). The molecule has 0 saturated heterocycles. The number of hydrogen-bond acceptors (Lipinski definition) is 3. The lowest BCUT2D eigenvalue weighted by Gasteiger charge is -2.13. The molecule has 0 atom stereocenters. The molecule has 0 bridgehead atoms. The maximum Gasteiger partial charge on any atom is 0.573 e. The van der Waals surface area contributed by atoms with Crippen LogP contribution in [0.1, 0.15) is 16.7 Å². The van der Waals surface area contributed by atoms with Crippen molar-refractivity contribution < 1.29 is 27.8 Å². The highest BCUT2D eigenvalue weighted by molar-refractivity contribution is 5.71. The molecule has 0 radical (unpaired) electrons. The van der Waals surface area contributed by atoms with E-state index in [2.05, 4.69) is 4.74 Å². The number of benzene rings is 1. The molecule has 0 unspecified atom stereocenters. The van der Waals surface area contributed by atoms with Crippen LogP contribution in [0.25, 0.3) is 0 Å². The second kappa shape index (κ2) is 4.96. The third-order valence-corrected chi connectivity index (χ3v) is 2.03. The van der Waals surface area contributed by atoms with E-state index in [1.165, 1.54) is 13.0 Å². The van der Waals surface area contributed by atoms with Gasteiger partial charge in [-0.05, 0) is 24.1 Å². The van der Waals surface area contributed by atoms with Crippen LogP contribution in [-0.2, 0) is 11.2 Å². The Balaban J connectivity index is 3.21. The zero-order valence-corrected chi connectivity index (χ0v) is 9.21. The van der Waals surface area contributed by atoms with E-state index in [1.54, 1.807) is 6.07 Å². The molecule has 0 amide bonds. The number of nitriles is 1. The van der Waals surface area contributed by atoms with E-state index in [1.807, 2.05) is 0 Å². The minimum Gasteiger partial charge on any atom is -0.481 e. The van der Waals surface area contributed by atoms with Gasteiger partial charge in [-0.2, -0.15) is 5.26 Å². The van der Waals surface area contributed by atoms with Gasteiger partial charge in [0.2, 0.25) is 0 Å². The number of aliphatic carboxylic acids is 1. The van der Waals surface area contributed by atoms with Gasteiger partial charge in [-0.3, -0.25) is 4.79 Å². The highest BCUT2D eigenvalue weighted by Crippen LogP contribution is 2.30. The normalized spacial score (nSPS) is 10.8. The van der Waals surface area contributed by atoms with Gasteiger partial charge in [0.15, 0.2) is 0 Å². The number of hydrogen-bond donors (Lipinski definition) is 1. The summed E-state index contributed by atoms with van der Waals surface area (Å²) in [7, 11) is 0. The number of carbonyl (C=O) groups is 1. The van der Waals surface area contributed by atoms with E-state index < -0.39 is 18.1 Å². The first kappa shape index (κ1) is 13.8. The first-order valence-electron chi connectivity index (χ1n) is 4.74. The van der Waals surface area contributed by atoms with Gasteiger partial charge in [-0.25, -0.2) is 0 Å². The fourth-order valence-electron chi connectivity index (χ4n) is 1.46. The molecule has 0 aliphatic carbocycles. The third-order valence-electron chi connectivity index (χ3n) is 2.03. The molecule has 0 spiro atoms. The van der Waals surface area contributed by atoms with Gasteiger partial charge in [0.05, 0.1) is 12.0 Å². The van der Waals surface area contributed by atoms with Gasteiger partial charge in [-0.15, -0.1) is 13.2 Å². The SMILES string of the molecule is Cc1cc(CC(=O)O)cc(C#N)c1OC(F)(F)F. The zero-order valence-electron chi connectivity index (χ0n) is 9.21. The minimum atomic E-state index is -4.90. The Bertz CT molecular complexity index is 517. The Morgan fingerprint density at radius 3 is 2.56 bits per heavy atom. The summed E-state index contributed by atoms with van der Waals surface area (Å²) in [5.41, 5.74) is -0.0442. The Morgan fingerprint density at radius 2 is 2.11 bits per heavy atom. The van der Waals surface area contributed by atoms with Gasteiger partial charge in [0.1, 0.15) is 11.8 Å². The Labute approximate surface area is 100 Å². The van der Waals surface area contributed by atoms with Crippen LogP contribution in [0.5, 0.6) is 5.75 Å². The monoisotopic (exact) mass is 259 g/mol. The maximum atomic E-state index is 12.1. The van der Waals surface area contributed by atoms with Gasteiger partial charge >= 0.3 is 12.3 Å². The average molecular weight is 259 g/mol. The van der Waals surface area contributed by atoms with Crippen molar-refractivity contribution in [1.29, 1.82) is 5.26 Å². The first-order valence-corrected chi connectivity index (χ1v) is 4.74. The molecule has 96 valence electrons. The summed E-state index contributed by atoms with van der Waals surface area (Å²) in [5, 5.41) is 17.3. The van der Waals surface area contributed by atoms with Crippen LogP contribution in [-0.4, -0.2) is 17.4 Å². The fourth-order valence-corrected chi connectivity index (χ4v) is 1.46. The van der Waals surface area contributed by atoms with Crippen molar-refractivity contribution in [2.24, 2.45) is 0 Å². The quantitative estimate of drug-likeness (QED) is 0.904. The molecule has 1 aromatic rings. The van der Waals surface area contributed by atoms with Crippen LogP contribution in [0.4, 0.5) is 13.2 Å². The number of carboxylic acid groups (broad SMARTS) is 1. The Kier molecular flexibility index (Phi) is 3.81. The van der Waals surface area contributed by atoms with E-state index in [0.29, 0.717) is 0 Å². The smallest absolute Gasteiger partial charge is 0.481 e. The molecule has 0 aliphatic heterocycles. The van der Waals surface area contributed by atoms with E-state index in [0.717, 1.165) is 6.07 Å². The molecule has 4 nitrogen and oxygen atoms in total. The third kappa shape index (κ3) is 3.66. The van der Waals surface area contributed by atoms with Crippen molar-refractivity contribution in [3.8, 4) is 11.8 Å². The second-order valence-corrected chi connectivity index (χ2v) is 3.52. The number of nitrogens with zero attached hydrogens (tertiary/aromatic N) is 1. The minimum absolute atomic E-state index is 0.0580. The van der Waals surface area contributed by atoms with Gasteiger partial charge in [0, 0.05) is 0 Å². The number of alkyl halides is 3. The van der Waals surface area contributed by atoms with E-state index in [9.17, 15) is 18.0 Å². The predicted octanol–water partition coefficient (Wildman–Crippen LogP) is 2.39. The summed E-state index contributed by atoms with van der Waals surface area (Å²) in [6.45, 7) is 1.31. The largest absolute Gasteiger partial charge is 0.573 e. The first-order chi connectivity index (χ1) is 8.23. The molecule has 0 fully saturated rings. The molecule has 1 rings (SSSR count). The fraction of sp³-hybridized carbons (Fsp3) is 0.273. The zero-order chi connectivity index (χ0) is 13.9. The lowest BCUT2D eigenvalue weighted by Crippen LogP contribution is -2.18. The average Bonchev–Trinajstić information content (AvgIpc) is 2.19. The molecule has 7 heteroatoms. The molecular weight excluding hydrogens is 251 g/mol. The van der Waals surface area contributed by atoms with Crippen molar-refractivity contribution in [3.05, 3.63) is 28.8 Å². The molecule has 0 aromatic heterocycles. The highest BCUT2D eigenvalue weighted by atomic mass is 19.4. The highest BCUT2D eigenvalue weighted by Gasteiger charge is 2.33. The Hall–Kier alpha value is -2.23. The summed E-state index contributed by atoms with van der Waals surface area (Å²) < 4.78 is 40.1. The second-order valence-electron chi connectivity index (χ2n) is 3.52. The Morgan fingerprint density at radius 1 is 1.50 bits per heavy atom. The van der Waals surface area contributed by atoms with Crippen LogP contribution >= 0.6 is 0 Å². The van der Waals surface area contributed by atoms with Crippen molar-refractivity contribution in [1.82, 2.24) is 0 Å². The van der Waals surface area contributed by atoms with Crippen molar-refractivity contribution >= 4 is 5.97 Å².